The highest BCUT2D eigenvalue weighted by molar-refractivity contribution is 5.94. The number of hydrogen-bond donors (Lipinski definition) is 0. The summed E-state index contributed by atoms with van der Waals surface area (Å²) in [5, 5.41) is 8.21. The molecule has 3 heterocycles. The van der Waals surface area contributed by atoms with Crippen LogP contribution in [-0.2, 0) is 17.8 Å². The van der Waals surface area contributed by atoms with E-state index in [1.54, 1.807) is 9.58 Å². The molecule has 0 unspecified atom stereocenters. The van der Waals surface area contributed by atoms with Crippen LogP contribution in [0.4, 0.5) is 5.69 Å². The van der Waals surface area contributed by atoms with E-state index < -0.39 is 0 Å². The summed E-state index contributed by atoms with van der Waals surface area (Å²) in [5.41, 5.74) is 5.18. The third-order valence-corrected chi connectivity index (χ3v) is 5.60. The highest BCUT2D eigenvalue weighted by Crippen LogP contribution is 2.26. The summed E-state index contributed by atoms with van der Waals surface area (Å²) >= 11 is 0. The number of fused-ring (bicyclic) bond motifs is 2. The van der Waals surface area contributed by atoms with Crippen LogP contribution in [0.2, 0.25) is 0 Å². The third-order valence-electron chi connectivity index (χ3n) is 5.60. The maximum atomic E-state index is 13.0. The molecular weight excluding hydrogens is 392 g/mol. The molecule has 156 valence electrons. The van der Waals surface area contributed by atoms with Crippen molar-refractivity contribution in [2.45, 2.75) is 33.2 Å². The molecule has 0 saturated carbocycles. The first-order valence-electron chi connectivity index (χ1n) is 10.3. The van der Waals surface area contributed by atoms with Gasteiger partial charge in [0, 0.05) is 12.2 Å². The summed E-state index contributed by atoms with van der Waals surface area (Å²) in [6.45, 7) is 4.55. The Kier molecular flexibility index (Phi) is 4.62. The molecule has 0 saturated heterocycles. The topological polar surface area (TPSA) is 85.9 Å². The normalized spacial score (nSPS) is 13.4. The van der Waals surface area contributed by atoms with Crippen LogP contribution in [0.5, 0.6) is 0 Å². The van der Waals surface area contributed by atoms with E-state index in [9.17, 15) is 9.59 Å². The number of para-hydroxylation sites is 1. The summed E-state index contributed by atoms with van der Waals surface area (Å²) in [4.78, 5) is 32.2. The molecule has 8 heteroatoms. The number of nitrogens with zero attached hydrogens (tertiary/aromatic N) is 6. The Labute approximate surface area is 178 Å². The minimum atomic E-state index is -0.376. The summed E-state index contributed by atoms with van der Waals surface area (Å²) in [7, 11) is 0. The lowest BCUT2D eigenvalue weighted by molar-refractivity contribution is -0.119. The van der Waals surface area contributed by atoms with Gasteiger partial charge < -0.3 is 4.90 Å². The second-order valence-electron chi connectivity index (χ2n) is 7.97. The number of amides is 1. The molecule has 0 atom stereocenters. The summed E-state index contributed by atoms with van der Waals surface area (Å²) in [6.07, 6.45) is 3.26. The molecule has 1 amide bonds. The quantitative estimate of drug-likeness (QED) is 0.514. The molecule has 0 spiro atoms. The number of benzene rings is 2. The molecule has 2 aromatic heterocycles. The van der Waals surface area contributed by atoms with Crippen LogP contribution in [0.15, 0.2) is 53.6 Å². The smallest absolute Gasteiger partial charge is 0.284 e. The molecular formula is C23H22N6O2. The molecule has 0 bridgehead atoms. The average molecular weight is 414 g/mol. The van der Waals surface area contributed by atoms with Crippen molar-refractivity contribution in [3.63, 3.8) is 0 Å². The van der Waals surface area contributed by atoms with E-state index in [1.807, 2.05) is 50.2 Å². The first-order chi connectivity index (χ1) is 15.0. The second-order valence-corrected chi connectivity index (χ2v) is 7.97. The monoisotopic (exact) mass is 414 g/mol. The van der Waals surface area contributed by atoms with Crippen LogP contribution in [0, 0.1) is 13.8 Å². The van der Waals surface area contributed by atoms with E-state index in [-0.39, 0.29) is 23.5 Å². The first kappa shape index (κ1) is 19.2. The Morgan fingerprint density at radius 2 is 1.87 bits per heavy atom. The summed E-state index contributed by atoms with van der Waals surface area (Å²) in [5.74, 6) is -0.142. The summed E-state index contributed by atoms with van der Waals surface area (Å²) < 4.78 is 2.87. The van der Waals surface area contributed by atoms with Crippen molar-refractivity contribution in [2.75, 3.05) is 11.4 Å². The lowest BCUT2D eigenvalue weighted by Gasteiger charge is -2.29. The first-order valence-corrected chi connectivity index (χ1v) is 10.3. The van der Waals surface area contributed by atoms with Gasteiger partial charge in [-0.05, 0) is 61.6 Å². The molecule has 5 rings (SSSR count). The van der Waals surface area contributed by atoms with Gasteiger partial charge in [0.25, 0.3) is 5.56 Å². The number of anilines is 1. The second kappa shape index (κ2) is 7.46. The maximum absolute atomic E-state index is 13.0. The van der Waals surface area contributed by atoms with E-state index in [0.29, 0.717) is 12.2 Å². The number of carbonyl (C=O) groups excluding carboxylic acids is 1. The Morgan fingerprint density at radius 1 is 1.10 bits per heavy atom. The van der Waals surface area contributed by atoms with Gasteiger partial charge in [-0.1, -0.05) is 29.5 Å². The van der Waals surface area contributed by atoms with Crippen molar-refractivity contribution in [3.8, 4) is 5.69 Å². The molecule has 8 nitrogen and oxygen atoms in total. The third kappa shape index (κ3) is 3.39. The van der Waals surface area contributed by atoms with E-state index in [4.69, 9.17) is 0 Å². The summed E-state index contributed by atoms with van der Waals surface area (Å²) in [6, 6.07) is 13.9. The predicted octanol–water partition coefficient (Wildman–Crippen LogP) is 2.57. The van der Waals surface area contributed by atoms with Gasteiger partial charge in [-0.3, -0.25) is 14.2 Å². The van der Waals surface area contributed by atoms with Crippen molar-refractivity contribution < 1.29 is 4.79 Å². The van der Waals surface area contributed by atoms with Gasteiger partial charge in [0.05, 0.1) is 5.69 Å². The number of carbonyl (C=O) groups is 1. The number of rotatable bonds is 3. The minimum absolute atomic E-state index is 0.0908. The number of hydrogen-bond acceptors (Lipinski definition) is 5. The molecule has 2 aromatic carbocycles. The van der Waals surface area contributed by atoms with Gasteiger partial charge in [0.2, 0.25) is 5.91 Å². The molecule has 0 aliphatic carbocycles. The lowest BCUT2D eigenvalue weighted by atomic mass is 10.0. The SMILES string of the molecule is Cc1cc(C)cc(-n2nnc3c(=O)n(CC(=O)N4CCCc5ccccc54)cnc32)c1. The molecule has 0 fully saturated rings. The minimum Gasteiger partial charge on any atom is -0.311 e. The average Bonchev–Trinajstić information content (AvgIpc) is 3.19. The molecule has 1 aliphatic rings. The van der Waals surface area contributed by atoms with Crippen molar-refractivity contribution in [2.24, 2.45) is 0 Å². The largest absolute Gasteiger partial charge is 0.311 e. The predicted molar refractivity (Wildman–Crippen MR) is 118 cm³/mol. The van der Waals surface area contributed by atoms with Crippen LogP contribution in [-0.4, -0.2) is 37.0 Å². The standard InChI is InChI=1S/C23H22N6O2/c1-15-10-16(2)12-18(11-15)29-22-21(25-26-29)23(31)27(14-24-22)13-20(30)28-9-5-7-17-6-3-4-8-19(17)28/h3-4,6,8,10-12,14H,5,7,9,13H2,1-2H3. The molecule has 0 radical (unpaired) electrons. The Morgan fingerprint density at radius 3 is 2.68 bits per heavy atom. The fourth-order valence-corrected chi connectivity index (χ4v) is 4.23. The van der Waals surface area contributed by atoms with Gasteiger partial charge in [0.15, 0.2) is 11.2 Å². The Hall–Kier alpha value is -3.81. The van der Waals surface area contributed by atoms with Crippen molar-refractivity contribution in [1.29, 1.82) is 0 Å². The van der Waals surface area contributed by atoms with Crippen LogP contribution < -0.4 is 10.5 Å². The molecule has 0 N–H and O–H groups in total. The fourth-order valence-electron chi connectivity index (χ4n) is 4.23. The lowest BCUT2D eigenvalue weighted by Crippen LogP contribution is -2.39. The van der Waals surface area contributed by atoms with E-state index in [1.165, 1.54) is 10.9 Å². The van der Waals surface area contributed by atoms with Crippen LogP contribution >= 0.6 is 0 Å². The fraction of sp³-hybridized carbons (Fsp3) is 0.261. The van der Waals surface area contributed by atoms with E-state index >= 15 is 0 Å². The zero-order valence-electron chi connectivity index (χ0n) is 17.4. The zero-order valence-corrected chi connectivity index (χ0v) is 17.4. The van der Waals surface area contributed by atoms with Gasteiger partial charge in [-0.15, -0.1) is 5.10 Å². The highest BCUT2D eigenvalue weighted by Gasteiger charge is 2.23. The highest BCUT2D eigenvalue weighted by atomic mass is 16.2. The van der Waals surface area contributed by atoms with E-state index in [0.717, 1.165) is 40.9 Å². The van der Waals surface area contributed by atoms with Gasteiger partial charge in [0.1, 0.15) is 12.9 Å². The maximum Gasteiger partial charge on any atom is 0.284 e. The Bertz CT molecular complexity index is 1350. The van der Waals surface area contributed by atoms with Crippen LogP contribution in [0.1, 0.15) is 23.1 Å². The van der Waals surface area contributed by atoms with Crippen molar-refractivity contribution in [3.05, 3.63) is 75.8 Å². The molecule has 4 aromatic rings. The van der Waals surface area contributed by atoms with Crippen LogP contribution in [0.3, 0.4) is 0 Å². The van der Waals surface area contributed by atoms with Gasteiger partial charge >= 0.3 is 0 Å². The molecule has 31 heavy (non-hydrogen) atoms. The molecule has 1 aliphatic heterocycles. The van der Waals surface area contributed by atoms with Gasteiger partial charge in [-0.25, -0.2) is 4.98 Å². The van der Waals surface area contributed by atoms with Crippen molar-refractivity contribution in [1.82, 2.24) is 24.5 Å². The zero-order chi connectivity index (χ0) is 21.5. The van der Waals surface area contributed by atoms with Crippen molar-refractivity contribution >= 4 is 22.8 Å². The van der Waals surface area contributed by atoms with Gasteiger partial charge in [-0.2, -0.15) is 4.68 Å². The van der Waals surface area contributed by atoms with Crippen LogP contribution in [0.25, 0.3) is 16.9 Å². The Balaban J connectivity index is 1.48. The number of aromatic nitrogens is 5. The van der Waals surface area contributed by atoms with E-state index in [2.05, 4.69) is 21.4 Å². The number of aryl methyl sites for hydroxylation is 3.